The van der Waals surface area contributed by atoms with Gasteiger partial charge in [-0.15, -0.1) is 10.2 Å². The molecule has 6 nitrogen and oxygen atoms in total. The molecule has 0 spiro atoms. The Balaban J connectivity index is 2.97. The van der Waals surface area contributed by atoms with Gasteiger partial charge in [0.25, 0.3) is 5.56 Å². The molecule has 0 aromatic carbocycles. The molecule has 0 fully saturated rings. The van der Waals surface area contributed by atoms with Crippen LogP contribution in [0.3, 0.4) is 0 Å². The number of hydrogen-bond acceptors (Lipinski definition) is 4. The minimum absolute atomic E-state index is 0.0677. The number of aromatic amines is 1. The molecule has 6 heteroatoms. The molecular formula is C6H8N4O2. The molecule has 1 heterocycles. The Morgan fingerprint density at radius 1 is 1.50 bits per heavy atom. The average Bonchev–Trinajstić information content (AvgIpc) is 1.96. The van der Waals surface area contributed by atoms with Gasteiger partial charge in [0.2, 0.25) is 11.9 Å². The summed E-state index contributed by atoms with van der Waals surface area (Å²) in [6, 6.07) is 0. The maximum Gasteiger partial charge on any atom is 0.273 e. The van der Waals surface area contributed by atoms with E-state index in [1.54, 1.807) is 0 Å². The molecule has 0 unspecified atom stereocenters. The lowest BCUT2D eigenvalue weighted by Crippen LogP contribution is -2.19. The molecule has 0 aliphatic heterocycles. The van der Waals surface area contributed by atoms with E-state index in [0.717, 1.165) is 0 Å². The number of aryl methyl sites for hydroxylation is 1. The maximum absolute atomic E-state index is 10.9. The molecule has 0 saturated heterocycles. The molecule has 2 N–H and O–H groups in total. The fourth-order valence-electron chi connectivity index (χ4n) is 0.616. The number of anilines is 1. The Morgan fingerprint density at radius 3 is 2.67 bits per heavy atom. The first-order chi connectivity index (χ1) is 5.59. The Morgan fingerprint density at radius 2 is 2.17 bits per heavy atom. The lowest BCUT2D eigenvalue weighted by molar-refractivity contribution is -0.114. The minimum Gasteiger partial charge on any atom is -0.295 e. The summed E-state index contributed by atoms with van der Waals surface area (Å²) in [7, 11) is 0. The van der Waals surface area contributed by atoms with Crippen molar-refractivity contribution in [1.29, 1.82) is 0 Å². The van der Waals surface area contributed by atoms with Gasteiger partial charge in [-0.2, -0.15) is 0 Å². The third-order valence-electron chi connectivity index (χ3n) is 1.15. The highest BCUT2D eigenvalue weighted by Gasteiger charge is 2.00. The maximum atomic E-state index is 10.9. The third kappa shape index (κ3) is 1.88. The molecule has 0 saturated carbocycles. The van der Waals surface area contributed by atoms with Gasteiger partial charge in [-0.05, 0) is 6.92 Å². The van der Waals surface area contributed by atoms with Crippen molar-refractivity contribution in [2.45, 2.75) is 13.8 Å². The van der Waals surface area contributed by atoms with Gasteiger partial charge < -0.3 is 0 Å². The first-order valence-corrected chi connectivity index (χ1v) is 3.31. The van der Waals surface area contributed by atoms with Crippen LogP contribution in [0.25, 0.3) is 0 Å². The molecule has 64 valence electrons. The van der Waals surface area contributed by atoms with Crippen LogP contribution in [-0.2, 0) is 4.79 Å². The second kappa shape index (κ2) is 3.12. The molecule has 1 amide bonds. The standard InChI is InChI=1S/C6H8N4O2/c1-3-5(12)8-6(10-9-3)7-4(2)11/h1-2H3,(H2,7,8,10,11,12). The largest absolute Gasteiger partial charge is 0.295 e. The van der Waals surface area contributed by atoms with Crippen molar-refractivity contribution < 1.29 is 4.79 Å². The van der Waals surface area contributed by atoms with Crippen molar-refractivity contribution in [3.63, 3.8) is 0 Å². The van der Waals surface area contributed by atoms with Gasteiger partial charge in [0.15, 0.2) is 0 Å². The fourth-order valence-corrected chi connectivity index (χ4v) is 0.616. The number of carbonyl (C=O) groups excluding carboxylic acids is 1. The van der Waals surface area contributed by atoms with Crippen LogP contribution in [0.5, 0.6) is 0 Å². The number of aromatic nitrogens is 3. The Hall–Kier alpha value is -1.72. The van der Waals surface area contributed by atoms with Crippen LogP contribution in [0.2, 0.25) is 0 Å². The Bertz CT molecular complexity index is 357. The number of nitrogens with one attached hydrogen (secondary N) is 2. The minimum atomic E-state index is -0.353. The van der Waals surface area contributed by atoms with Gasteiger partial charge in [-0.1, -0.05) is 0 Å². The van der Waals surface area contributed by atoms with E-state index < -0.39 is 0 Å². The van der Waals surface area contributed by atoms with E-state index in [9.17, 15) is 9.59 Å². The van der Waals surface area contributed by atoms with Crippen molar-refractivity contribution in [3.8, 4) is 0 Å². The number of amides is 1. The SMILES string of the molecule is CC(=O)Nc1nnc(C)c(=O)[nH]1. The van der Waals surface area contributed by atoms with E-state index in [1.165, 1.54) is 13.8 Å². The topological polar surface area (TPSA) is 87.7 Å². The molecule has 1 rings (SSSR count). The van der Waals surface area contributed by atoms with Crippen LogP contribution < -0.4 is 10.9 Å². The summed E-state index contributed by atoms with van der Waals surface area (Å²) in [5, 5.41) is 9.37. The Kier molecular flexibility index (Phi) is 2.18. The molecule has 1 aromatic rings. The summed E-state index contributed by atoms with van der Waals surface area (Å²) in [5.41, 5.74) is -0.0853. The van der Waals surface area contributed by atoms with E-state index in [4.69, 9.17) is 0 Å². The summed E-state index contributed by atoms with van der Waals surface area (Å²) in [6.45, 7) is 2.85. The summed E-state index contributed by atoms with van der Waals surface area (Å²) >= 11 is 0. The van der Waals surface area contributed by atoms with Crippen LogP contribution >= 0.6 is 0 Å². The van der Waals surface area contributed by atoms with Gasteiger partial charge in [-0.3, -0.25) is 19.9 Å². The fraction of sp³-hybridized carbons (Fsp3) is 0.333. The highest BCUT2D eigenvalue weighted by Crippen LogP contribution is 1.89. The van der Waals surface area contributed by atoms with Gasteiger partial charge in [-0.25, -0.2) is 0 Å². The summed E-state index contributed by atoms with van der Waals surface area (Å²) in [4.78, 5) is 23.8. The molecule has 0 aliphatic rings. The van der Waals surface area contributed by atoms with E-state index in [-0.39, 0.29) is 23.1 Å². The van der Waals surface area contributed by atoms with Gasteiger partial charge in [0.1, 0.15) is 5.69 Å². The van der Waals surface area contributed by atoms with E-state index in [0.29, 0.717) is 0 Å². The van der Waals surface area contributed by atoms with Crippen molar-refractivity contribution in [1.82, 2.24) is 15.2 Å². The zero-order chi connectivity index (χ0) is 9.14. The highest BCUT2D eigenvalue weighted by atomic mass is 16.2. The highest BCUT2D eigenvalue weighted by molar-refractivity contribution is 5.86. The van der Waals surface area contributed by atoms with Gasteiger partial charge >= 0.3 is 0 Å². The zero-order valence-electron chi connectivity index (χ0n) is 6.71. The van der Waals surface area contributed by atoms with Gasteiger partial charge in [0, 0.05) is 6.92 Å². The van der Waals surface area contributed by atoms with Crippen molar-refractivity contribution in [2.24, 2.45) is 0 Å². The summed E-state index contributed by atoms with van der Waals surface area (Å²) in [5.74, 6) is -0.234. The quantitative estimate of drug-likeness (QED) is 0.587. The van der Waals surface area contributed by atoms with Crippen molar-refractivity contribution in [3.05, 3.63) is 16.0 Å². The van der Waals surface area contributed by atoms with Crippen LogP contribution in [0.15, 0.2) is 4.79 Å². The molecule has 0 bridgehead atoms. The number of carbonyl (C=O) groups is 1. The monoisotopic (exact) mass is 168 g/mol. The molecule has 12 heavy (non-hydrogen) atoms. The lowest BCUT2D eigenvalue weighted by atomic mass is 10.5. The first-order valence-electron chi connectivity index (χ1n) is 3.31. The van der Waals surface area contributed by atoms with E-state index in [1.807, 2.05) is 0 Å². The third-order valence-corrected chi connectivity index (χ3v) is 1.15. The smallest absolute Gasteiger partial charge is 0.273 e. The second-order valence-corrected chi connectivity index (χ2v) is 2.27. The van der Waals surface area contributed by atoms with Gasteiger partial charge in [0.05, 0.1) is 0 Å². The summed E-state index contributed by atoms with van der Waals surface area (Å²) < 4.78 is 0. The number of hydrogen-bond donors (Lipinski definition) is 2. The first kappa shape index (κ1) is 8.38. The second-order valence-electron chi connectivity index (χ2n) is 2.27. The lowest BCUT2D eigenvalue weighted by Gasteiger charge is -1.97. The van der Waals surface area contributed by atoms with E-state index in [2.05, 4.69) is 20.5 Å². The molecular weight excluding hydrogens is 160 g/mol. The van der Waals surface area contributed by atoms with E-state index >= 15 is 0 Å². The number of rotatable bonds is 1. The van der Waals surface area contributed by atoms with Crippen LogP contribution in [0.4, 0.5) is 5.95 Å². The molecule has 1 aromatic heterocycles. The average molecular weight is 168 g/mol. The van der Waals surface area contributed by atoms with Crippen LogP contribution in [0, 0.1) is 6.92 Å². The number of H-pyrrole nitrogens is 1. The summed E-state index contributed by atoms with van der Waals surface area (Å²) in [6.07, 6.45) is 0. The van der Waals surface area contributed by atoms with Crippen molar-refractivity contribution >= 4 is 11.9 Å². The Labute approximate surface area is 68.0 Å². The molecule has 0 radical (unpaired) electrons. The normalized spacial score (nSPS) is 9.50. The van der Waals surface area contributed by atoms with Crippen LogP contribution in [-0.4, -0.2) is 21.1 Å². The predicted octanol–water partition coefficient (Wildman–Crippen LogP) is -0.568. The van der Waals surface area contributed by atoms with Crippen LogP contribution in [0.1, 0.15) is 12.6 Å². The number of nitrogens with zero attached hydrogens (tertiary/aromatic N) is 2. The van der Waals surface area contributed by atoms with Crippen molar-refractivity contribution in [2.75, 3.05) is 5.32 Å². The molecule has 0 aliphatic carbocycles. The zero-order valence-corrected chi connectivity index (χ0v) is 6.71. The predicted molar refractivity (Wildman–Crippen MR) is 41.7 cm³/mol. The molecule has 0 atom stereocenters.